The Labute approximate surface area is 119 Å². The minimum absolute atomic E-state index is 0.532. The Hall–Kier alpha value is -1.81. The molecule has 1 atom stereocenters. The molecular weight excluding hydrogens is 248 g/mol. The Morgan fingerprint density at radius 1 is 1.30 bits per heavy atom. The first kappa shape index (κ1) is 13.2. The summed E-state index contributed by atoms with van der Waals surface area (Å²) in [4.78, 5) is 15.2. The highest BCUT2D eigenvalue weighted by molar-refractivity contribution is 5.17. The van der Waals surface area contributed by atoms with E-state index in [1.807, 2.05) is 24.7 Å². The van der Waals surface area contributed by atoms with Crippen LogP contribution in [-0.4, -0.2) is 32.9 Å². The number of hydrogen-bond acceptors (Lipinski definition) is 4. The maximum atomic E-state index is 4.41. The first-order valence-electron chi connectivity index (χ1n) is 7.20. The number of likely N-dealkylation sites (tertiary alicyclic amines) is 1. The van der Waals surface area contributed by atoms with E-state index in [1.165, 1.54) is 29.7 Å². The maximum Gasteiger partial charge on any atom is 0.115 e. The van der Waals surface area contributed by atoms with Crippen molar-refractivity contribution >= 4 is 0 Å². The van der Waals surface area contributed by atoms with Crippen LogP contribution >= 0.6 is 0 Å². The molecule has 1 saturated heterocycles. The second kappa shape index (κ2) is 6.09. The summed E-state index contributed by atoms with van der Waals surface area (Å²) in [5.74, 6) is 0.532. The van der Waals surface area contributed by atoms with Crippen LogP contribution in [0.4, 0.5) is 0 Å². The zero-order chi connectivity index (χ0) is 13.8. The van der Waals surface area contributed by atoms with E-state index in [0.717, 1.165) is 19.6 Å². The third-order valence-electron chi connectivity index (χ3n) is 3.87. The van der Waals surface area contributed by atoms with E-state index in [-0.39, 0.29) is 0 Å². The van der Waals surface area contributed by atoms with Crippen molar-refractivity contribution in [1.29, 1.82) is 0 Å². The molecule has 3 rings (SSSR count). The molecule has 2 aromatic rings. The molecule has 4 nitrogen and oxygen atoms in total. The van der Waals surface area contributed by atoms with E-state index in [2.05, 4.69) is 32.8 Å². The third kappa shape index (κ3) is 3.20. The quantitative estimate of drug-likeness (QED) is 0.858. The Bertz CT molecular complexity index is 555. The van der Waals surface area contributed by atoms with Crippen molar-refractivity contribution in [3.05, 3.63) is 53.9 Å². The van der Waals surface area contributed by atoms with Crippen molar-refractivity contribution in [1.82, 2.24) is 19.9 Å². The SMILES string of the molecule is Cc1cncc(CN2CCC[C@H](c3ccncn3)C2)c1. The van der Waals surface area contributed by atoms with Crippen LogP contribution in [0.25, 0.3) is 0 Å². The molecule has 0 spiro atoms. The molecule has 0 aliphatic carbocycles. The fraction of sp³-hybridized carbons (Fsp3) is 0.438. The van der Waals surface area contributed by atoms with E-state index < -0.39 is 0 Å². The largest absolute Gasteiger partial charge is 0.298 e. The lowest BCUT2D eigenvalue weighted by Crippen LogP contribution is -2.34. The molecule has 1 fully saturated rings. The van der Waals surface area contributed by atoms with Crippen LogP contribution in [-0.2, 0) is 6.54 Å². The zero-order valence-electron chi connectivity index (χ0n) is 11.9. The van der Waals surface area contributed by atoms with Gasteiger partial charge in [-0.25, -0.2) is 9.97 Å². The molecule has 0 saturated carbocycles. The molecule has 0 aromatic carbocycles. The summed E-state index contributed by atoms with van der Waals surface area (Å²) < 4.78 is 0. The van der Waals surface area contributed by atoms with Gasteiger partial charge in [0.1, 0.15) is 6.33 Å². The number of piperidine rings is 1. The Balaban J connectivity index is 1.66. The van der Waals surface area contributed by atoms with Crippen LogP contribution in [0.15, 0.2) is 37.1 Å². The van der Waals surface area contributed by atoms with Crippen molar-refractivity contribution in [3.63, 3.8) is 0 Å². The molecule has 0 radical (unpaired) electrons. The molecular formula is C16H20N4. The fourth-order valence-electron chi connectivity index (χ4n) is 2.95. The lowest BCUT2D eigenvalue weighted by molar-refractivity contribution is 0.198. The van der Waals surface area contributed by atoms with E-state index in [0.29, 0.717) is 5.92 Å². The Morgan fingerprint density at radius 2 is 2.25 bits per heavy atom. The molecule has 0 unspecified atom stereocenters. The summed E-state index contributed by atoms with van der Waals surface area (Å²) in [6, 6.07) is 4.27. The van der Waals surface area contributed by atoms with Gasteiger partial charge in [-0.1, -0.05) is 6.07 Å². The predicted octanol–water partition coefficient (Wildman–Crippen LogP) is 2.56. The molecule has 0 amide bonds. The third-order valence-corrected chi connectivity index (χ3v) is 3.87. The molecule has 104 valence electrons. The van der Waals surface area contributed by atoms with Crippen LogP contribution < -0.4 is 0 Å². The van der Waals surface area contributed by atoms with Crippen LogP contribution in [0.1, 0.15) is 35.6 Å². The summed E-state index contributed by atoms with van der Waals surface area (Å²) in [5, 5.41) is 0. The highest BCUT2D eigenvalue weighted by Gasteiger charge is 2.22. The van der Waals surface area contributed by atoms with Gasteiger partial charge in [-0.05, 0) is 43.5 Å². The van der Waals surface area contributed by atoms with Gasteiger partial charge in [0.05, 0.1) is 0 Å². The molecule has 20 heavy (non-hydrogen) atoms. The predicted molar refractivity (Wildman–Crippen MR) is 78.3 cm³/mol. The van der Waals surface area contributed by atoms with Gasteiger partial charge in [0.2, 0.25) is 0 Å². The molecule has 3 heterocycles. The number of aryl methyl sites for hydroxylation is 1. The van der Waals surface area contributed by atoms with Gasteiger partial charge in [0.25, 0.3) is 0 Å². The van der Waals surface area contributed by atoms with Gasteiger partial charge in [-0.2, -0.15) is 0 Å². The molecule has 1 aliphatic rings. The number of nitrogens with zero attached hydrogens (tertiary/aromatic N) is 4. The summed E-state index contributed by atoms with van der Waals surface area (Å²) in [6.45, 7) is 5.31. The molecule has 0 N–H and O–H groups in total. The topological polar surface area (TPSA) is 41.9 Å². The summed E-state index contributed by atoms with van der Waals surface area (Å²) in [5.41, 5.74) is 3.70. The first-order chi connectivity index (χ1) is 9.81. The van der Waals surface area contributed by atoms with E-state index in [4.69, 9.17) is 0 Å². The monoisotopic (exact) mass is 268 g/mol. The second-order valence-corrected chi connectivity index (χ2v) is 5.58. The molecule has 2 aromatic heterocycles. The number of pyridine rings is 1. The van der Waals surface area contributed by atoms with Crippen molar-refractivity contribution in [3.8, 4) is 0 Å². The maximum absolute atomic E-state index is 4.41. The van der Waals surface area contributed by atoms with E-state index in [9.17, 15) is 0 Å². The average molecular weight is 268 g/mol. The van der Waals surface area contributed by atoms with E-state index >= 15 is 0 Å². The van der Waals surface area contributed by atoms with Gasteiger partial charge in [-0.3, -0.25) is 9.88 Å². The van der Waals surface area contributed by atoms with E-state index in [1.54, 1.807) is 6.33 Å². The highest BCUT2D eigenvalue weighted by Crippen LogP contribution is 2.26. The van der Waals surface area contributed by atoms with Gasteiger partial charge in [0.15, 0.2) is 0 Å². The lowest BCUT2D eigenvalue weighted by Gasteiger charge is -2.32. The van der Waals surface area contributed by atoms with Crippen molar-refractivity contribution in [2.45, 2.75) is 32.2 Å². The molecule has 1 aliphatic heterocycles. The van der Waals surface area contributed by atoms with Crippen LogP contribution in [0, 0.1) is 6.92 Å². The van der Waals surface area contributed by atoms with Gasteiger partial charge in [-0.15, -0.1) is 0 Å². The first-order valence-corrected chi connectivity index (χ1v) is 7.20. The van der Waals surface area contributed by atoms with Crippen molar-refractivity contribution in [2.75, 3.05) is 13.1 Å². The summed E-state index contributed by atoms with van der Waals surface area (Å²) >= 11 is 0. The zero-order valence-corrected chi connectivity index (χ0v) is 11.9. The normalized spacial score (nSPS) is 19.9. The van der Waals surface area contributed by atoms with Gasteiger partial charge in [0, 0.05) is 43.3 Å². The summed E-state index contributed by atoms with van der Waals surface area (Å²) in [6.07, 6.45) is 9.82. The van der Waals surface area contributed by atoms with Crippen molar-refractivity contribution in [2.24, 2.45) is 0 Å². The molecule has 4 heteroatoms. The Morgan fingerprint density at radius 3 is 3.05 bits per heavy atom. The smallest absolute Gasteiger partial charge is 0.115 e. The van der Waals surface area contributed by atoms with Gasteiger partial charge >= 0.3 is 0 Å². The Kier molecular flexibility index (Phi) is 4.02. The van der Waals surface area contributed by atoms with Crippen LogP contribution in [0.2, 0.25) is 0 Å². The van der Waals surface area contributed by atoms with Crippen LogP contribution in [0.3, 0.4) is 0 Å². The summed E-state index contributed by atoms with van der Waals surface area (Å²) in [7, 11) is 0. The van der Waals surface area contributed by atoms with Crippen LogP contribution in [0.5, 0.6) is 0 Å². The fourth-order valence-corrected chi connectivity index (χ4v) is 2.95. The number of rotatable bonds is 3. The highest BCUT2D eigenvalue weighted by atomic mass is 15.1. The lowest BCUT2D eigenvalue weighted by atomic mass is 9.94. The van der Waals surface area contributed by atoms with Gasteiger partial charge < -0.3 is 0 Å². The number of hydrogen-bond donors (Lipinski definition) is 0. The van der Waals surface area contributed by atoms with Crippen molar-refractivity contribution < 1.29 is 0 Å². The molecule has 0 bridgehead atoms. The number of aromatic nitrogens is 3. The second-order valence-electron chi connectivity index (χ2n) is 5.58. The average Bonchev–Trinajstić information content (AvgIpc) is 2.48. The standard InChI is InChI=1S/C16H20N4/c1-13-7-14(9-18-8-13)10-20-6-2-3-15(11-20)16-4-5-17-12-19-16/h4-5,7-9,12,15H,2-3,6,10-11H2,1H3/t15-/m0/s1. The minimum atomic E-state index is 0.532. The minimum Gasteiger partial charge on any atom is -0.298 e.